The molecule has 0 unspecified atom stereocenters. The maximum Gasteiger partial charge on any atom is 0.266 e. The topological polar surface area (TPSA) is 94.2 Å². The number of nitrogens with one attached hydrogen (secondary N) is 1. The molecule has 8 heteroatoms. The number of sulfonamides is 1. The van der Waals surface area contributed by atoms with E-state index in [4.69, 9.17) is 4.42 Å². The van der Waals surface area contributed by atoms with E-state index in [-0.39, 0.29) is 24.4 Å². The number of aryl methyl sites for hydroxylation is 1. The third kappa shape index (κ3) is 4.90. The molecule has 2 heterocycles. The highest BCUT2D eigenvalue weighted by Crippen LogP contribution is 2.14. The average molecular weight is 373 g/mol. The molecule has 1 aromatic carbocycles. The second-order valence-electron chi connectivity index (χ2n) is 5.71. The number of hydrogen-bond acceptors (Lipinski definition) is 5. The molecule has 0 fully saturated rings. The van der Waals surface area contributed by atoms with Gasteiger partial charge in [0.1, 0.15) is 5.69 Å². The molecule has 0 radical (unpaired) electrons. The molecule has 0 spiro atoms. The molecule has 136 valence electrons. The summed E-state index contributed by atoms with van der Waals surface area (Å²) in [5.74, 6) is 0.536. The largest absolute Gasteiger partial charge is 0.463 e. The van der Waals surface area contributed by atoms with Crippen molar-refractivity contribution in [2.24, 2.45) is 0 Å². The summed E-state index contributed by atoms with van der Waals surface area (Å²) in [5.41, 5.74) is 1.17. The molecule has 7 nitrogen and oxygen atoms in total. The lowest BCUT2D eigenvalue weighted by Crippen LogP contribution is -2.33. The summed E-state index contributed by atoms with van der Waals surface area (Å²) in [7, 11) is -3.43. The van der Waals surface area contributed by atoms with Crippen molar-refractivity contribution in [2.45, 2.75) is 13.0 Å². The highest BCUT2D eigenvalue weighted by molar-refractivity contribution is 7.89. The predicted octanol–water partition coefficient (Wildman–Crippen LogP) is 1.67. The number of rotatable bonds is 8. The lowest BCUT2D eigenvalue weighted by Gasteiger charge is -2.08. The molecule has 0 bridgehead atoms. The van der Waals surface area contributed by atoms with Gasteiger partial charge in [0.2, 0.25) is 10.0 Å². The van der Waals surface area contributed by atoms with E-state index < -0.39 is 10.0 Å². The van der Waals surface area contributed by atoms with Crippen molar-refractivity contribution in [2.75, 3.05) is 12.3 Å². The Morgan fingerprint density at radius 2 is 1.85 bits per heavy atom. The van der Waals surface area contributed by atoms with Gasteiger partial charge in [-0.25, -0.2) is 17.8 Å². The van der Waals surface area contributed by atoms with Crippen LogP contribution in [0.15, 0.2) is 70.1 Å². The van der Waals surface area contributed by atoms with Gasteiger partial charge in [0.15, 0.2) is 5.76 Å². The number of furan rings is 1. The van der Waals surface area contributed by atoms with Gasteiger partial charge in [-0.1, -0.05) is 30.3 Å². The van der Waals surface area contributed by atoms with E-state index in [1.165, 1.54) is 17.0 Å². The Kier molecular flexibility index (Phi) is 5.65. The molecule has 0 amide bonds. The van der Waals surface area contributed by atoms with Crippen LogP contribution in [0.1, 0.15) is 5.56 Å². The zero-order chi connectivity index (χ0) is 18.4. The summed E-state index contributed by atoms with van der Waals surface area (Å²) in [6, 6.07) is 15.8. The Morgan fingerprint density at radius 3 is 2.58 bits per heavy atom. The molecule has 0 saturated carbocycles. The van der Waals surface area contributed by atoms with Crippen LogP contribution in [0.25, 0.3) is 11.5 Å². The summed E-state index contributed by atoms with van der Waals surface area (Å²) >= 11 is 0. The molecular weight excluding hydrogens is 354 g/mol. The van der Waals surface area contributed by atoms with Crippen LogP contribution in [-0.2, 0) is 23.0 Å². The van der Waals surface area contributed by atoms with Crippen molar-refractivity contribution in [1.29, 1.82) is 0 Å². The third-order valence-electron chi connectivity index (χ3n) is 3.79. The van der Waals surface area contributed by atoms with Crippen LogP contribution in [0.4, 0.5) is 0 Å². The highest BCUT2D eigenvalue weighted by Gasteiger charge is 2.11. The first kappa shape index (κ1) is 18.1. The van der Waals surface area contributed by atoms with Gasteiger partial charge in [-0.15, -0.1) is 0 Å². The van der Waals surface area contributed by atoms with Crippen molar-refractivity contribution in [3.63, 3.8) is 0 Å². The van der Waals surface area contributed by atoms with Gasteiger partial charge in [-0.05, 0) is 30.2 Å². The zero-order valence-corrected chi connectivity index (χ0v) is 14.9. The molecule has 0 aliphatic rings. The normalized spacial score (nSPS) is 11.5. The van der Waals surface area contributed by atoms with Crippen molar-refractivity contribution in [3.05, 3.63) is 76.8 Å². The fraction of sp³-hybridized carbons (Fsp3) is 0.222. The van der Waals surface area contributed by atoms with Gasteiger partial charge in [0, 0.05) is 12.6 Å². The minimum Gasteiger partial charge on any atom is -0.463 e. The molecule has 0 saturated heterocycles. The molecule has 0 aliphatic heterocycles. The molecule has 26 heavy (non-hydrogen) atoms. The van der Waals surface area contributed by atoms with Crippen LogP contribution in [-0.4, -0.2) is 30.5 Å². The summed E-state index contributed by atoms with van der Waals surface area (Å²) in [6.07, 6.45) is 1.95. The first-order chi connectivity index (χ1) is 12.5. The van der Waals surface area contributed by atoms with Crippen LogP contribution < -0.4 is 10.3 Å². The van der Waals surface area contributed by atoms with E-state index in [0.29, 0.717) is 17.9 Å². The van der Waals surface area contributed by atoms with Gasteiger partial charge in [-0.2, -0.15) is 5.10 Å². The smallest absolute Gasteiger partial charge is 0.266 e. The summed E-state index contributed by atoms with van der Waals surface area (Å²) in [6.45, 7) is 0.226. The van der Waals surface area contributed by atoms with E-state index in [2.05, 4.69) is 9.82 Å². The monoisotopic (exact) mass is 373 g/mol. The van der Waals surface area contributed by atoms with Crippen LogP contribution >= 0.6 is 0 Å². The minimum absolute atomic E-state index is 0.00816. The Hall–Kier alpha value is -2.71. The summed E-state index contributed by atoms with van der Waals surface area (Å²) in [5, 5.41) is 4.20. The molecule has 2 aromatic heterocycles. The van der Waals surface area contributed by atoms with Gasteiger partial charge in [0.25, 0.3) is 5.56 Å². The molecule has 1 N–H and O–H groups in total. The Morgan fingerprint density at radius 1 is 1.04 bits per heavy atom. The quantitative estimate of drug-likeness (QED) is 0.648. The highest BCUT2D eigenvalue weighted by atomic mass is 32.2. The van der Waals surface area contributed by atoms with Crippen LogP contribution in [0.2, 0.25) is 0 Å². The van der Waals surface area contributed by atoms with Crippen molar-refractivity contribution < 1.29 is 12.8 Å². The Bertz CT molecular complexity index is 996. The molecule has 0 atom stereocenters. The van der Waals surface area contributed by atoms with Crippen molar-refractivity contribution >= 4 is 10.0 Å². The van der Waals surface area contributed by atoms with E-state index in [1.54, 1.807) is 18.2 Å². The standard InChI is InChI=1S/C18H19N3O4S/c22-18-9-8-16(17-7-4-13-25-17)20-21(18)12-11-19-26(23,24)14-10-15-5-2-1-3-6-15/h1-9,13,19H,10-12,14H2. The average Bonchev–Trinajstić information content (AvgIpc) is 3.17. The maximum absolute atomic E-state index is 12.1. The van der Waals surface area contributed by atoms with Crippen LogP contribution in [0.3, 0.4) is 0 Å². The predicted molar refractivity (Wildman–Crippen MR) is 98.1 cm³/mol. The summed E-state index contributed by atoms with van der Waals surface area (Å²) < 4.78 is 33.2. The second-order valence-corrected chi connectivity index (χ2v) is 7.63. The van der Waals surface area contributed by atoms with Gasteiger partial charge >= 0.3 is 0 Å². The fourth-order valence-electron chi connectivity index (χ4n) is 2.44. The van der Waals surface area contributed by atoms with Crippen LogP contribution in [0.5, 0.6) is 0 Å². The number of benzene rings is 1. The van der Waals surface area contributed by atoms with Gasteiger partial charge in [-0.3, -0.25) is 4.79 Å². The third-order valence-corrected chi connectivity index (χ3v) is 5.17. The number of aromatic nitrogens is 2. The molecule has 0 aliphatic carbocycles. The maximum atomic E-state index is 12.1. The molecule has 3 rings (SSSR count). The van der Waals surface area contributed by atoms with E-state index >= 15 is 0 Å². The number of nitrogens with zero attached hydrogens (tertiary/aromatic N) is 2. The Labute approximate surface area is 151 Å². The SMILES string of the molecule is O=c1ccc(-c2ccco2)nn1CCNS(=O)(=O)CCc1ccccc1. The van der Waals surface area contributed by atoms with Crippen molar-refractivity contribution in [3.8, 4) is 11.5 Å². The fourth-order valence-corrected chi connectivity index (χ4v) is 3.49. The lowest BCUT2D eigenvalue weighted by atomic mass is 10.2. The Balaban J connectivity index is 1.57. The molecular formula is C18H19N3O4S. The van der Waals surface area contributed by atoms with Crippen molar-refractivity contribution in [1.82, 2.24) is 14.5 Å². The zero-order valence-electron chi connectivity index (χ0n) is 14.0. The van der Waals surface area contributed by atoms with E-state index in [1.807, 2.05) is 30.3 Å². The number of hydrogen-bond donors (Lipinski definition) is 1. The lowest BCUT2D eigenvalue weighted by molar-refractivity contribution is 0.539. The van der Waals surface area contributed by atoms with Gasteiger partial charge in [0.05, 0.1) is 18.6 Å². The minimum atomic E-state index is -3.43. The first-order valence-corrected chi connectivity index (χ1v) is 9.82. The van der Waals surface area contributed by atoms with Crippen LogP contribution in [0, 0.1) is 0 Å². The first-order valence-electron chi connectivity index (χ1n) is 8.17. The van der Waals surface area contributed by atoms with Gasteiger partial charge < -0.3 is 4.42 Å². The van der Waals surface area contributed by atoms with E-state index in [0.717, 1.165) is 5.56 Å². The molecule has 3 aromatic rings. The summed E-state index contributed by atoms with van der Waals surface area (Å²) in [4.78, 5) is 11.9. The van der Waals surface area contributed by atoms with E-state index in [9.17, 15) is 13.2 Å². The second kappa shape index (κ2) is 8.11.